The first-order valence-corrected chi connectivity index (χ1v) is 14.1. The van der Waals surface area contributed by atoms with E-state index in [1.54, 1.807) is 37.4 Å². The van der Waals surface area contributed by atoms with Gasteiger partial charge in [0.05, 0.1) is 17.5 Å². The van der Waals surface area contributed by atoms with Crippen molar-refractivity contribution in [3.05, 3.63) is 59.2 Å². The zero-order valence-electron chi connectivity index (χ0n) is 20.0. The van der Waals surface area contributed by atoms with E-state index >= 15 is 0 Å². The zero-order chi connectivity index (χ0) is 25.4. The van der Waals surface area contributed by atoms with Crippen LogP contribution in [0.3, 0.4) is 0 Å². The summed E-state index contributed by atoms with van der Waals surface area (Å²) in [6.07, 6.45) is 2.40. The lowest BCUT2D eigenvalue weighted by Gasteiger charge is -2.23. The van der Waals surface area contributed by atoms with E-state index in [1.807, 2.05) is 31.4 Å². The van der Waals surface area contributed by atoms with Gasteiger partial charge in [0.1, 0.15) is 5.75 Å². The molecule has 0 amide bonds. The number of aliphatic imine (C=N–C) groups is 1. The molecule has 0 saturated carbocycles. The molecular formula is C24H30ClN5O3S2. The number of halogens is 1. The quantitative estimate of drug-likeness (QED) is 0.213. The Morgan fingerprint density at radius 3 is 2.63 bits per heavy atom. The maximum absolute atomic E-state index is 13.4. The molecule has 188 valence electrons. The number of nitrogens with zero attached hydrogens (tertiary/aromatic N) is 3. The van der Waals surface area contributed by atoms with E-state index in [1.165, 1.54) is 16.1 Å². The van der Waals surface area contributed by atoms with Crippen LogP contribution < -0.4 is 15.8 Å². The number of nitrogens with one attached hydrogen (secondary N) is 1. The predicted octanol–water partition coefficient (Wildman–Crippen LogP) is 4.38. The summed E-state index contributed by atoms with van der Waals surface area (Å²) < 4.78 is 33.5. The number of amidine groups is 1. The second kappa shape index (κ2) is 12.4. The second-order valence-corrected chi connectivity index (χ2v) is 11.0. The van der Waals surface area contributed by atoms with Gasteiger partial charge in [-0.25, -0.2) is 8.42 Å². The number of anilines is 1. The third-order valence-corrected chi connectivity index (χ3v) is 8.01. The summed E-state index contributed by atoms with van der Waals surface area (Å²) in [7, 11) is -2.18. The SMILES string of the molecule is COc1ccc(S(=O)(=O)N(CCCN=C(N)SC)CCNc2cc(C)nc3ccc(Cl)cc23)cc1. The van der Waals surface area contributed by atoms with Gasteiger partial charge in [-0.3, -0.25) is 9.98 Å². The van der Waals surface area contributed by atoms with Gasteiger partial charge in [0.15, 0.2) is 5.17 Å². The standard InChI is InChI=1S/C24H30ClN5O3S2/c1-17-15-23(21-16-18(25)5-10-22(21)29-17)27-12-14-30(13-4-11-28-24(26)34-3)35(31,32)20-8-6-19(33-2)7-9-20/h5-10,15-16H,4,11-14H2,1-3H3,(H2,26,28)(H,27,29). The lowest BCUT2D eigenvalue weighted by atomic mass is 10.1. The number of aryl methyl sites for hydroxylation is 1. The third-order valence-electron chi connectivity index (χ3n) is 5.32. The van der Waals surface area contributed by atoms with Crippen LogP contribution in [0.2, 0.25) is 5.02 Å². The summed E-state index contributed by atoms with van der Waals surface area (Å²) in [4.78, 5) is 9.01. The Kier molecular flexibility index (Phi) is 9.62. The minimum absolute atomic E-state index is 0.211. The number of ether oxygens (including phenoxy) is 1. The number of hydrogen-bond acceptors (Lipinski definition) is 7. The molecule has 0 bridgehead atoms. The zero-order valence-corrected chi connectivity index (χ0v) is 22.4. The lowest BCUT2D eigenvalue weighted by molar-refractivity contribution is 0.412. The molecule has 2 aromatic carbocycles. The van der Waals surface area contributed by atoms with Crippen LogP contribution in [-0.4, -0.2) is 62.4 Å². The Balaban J connectivity index is 1.79. The summed E-state index contributed by atoms with van der Waals surface area (Å²) in [6, 6.07) is 13.9. The fraction of sp³-hybridized carbons (Fsp3) is 0.333. The van der Waals surface area contributed by atoms with Crippen LogP contribution in [0.4, 0.5) is 5.69 Å². The first-order chi connectivity index (χ1) is 16.7. The van der Waals surface area contributed by atoms with Crippen LogP contribution in [0.1, 0.15) is 12.1 Å². The molecule has 3 rings (SSSR count). The van der Waals surface area contributed by atoms with Gasteiger partial charge in [0.2, 0.25) is 10.0 Å². The van der Waals surface area contributed by atoms with Gasteiger partial charge < -0.3 is 15.8 Å². The van der Waals surface area contributed by atoms with Crippen molar-refractivity contribution in [3.8, 4) is 5.75 Å². The Hall–Kier alpha value is -2.53. The number of benzene rings is 2. The topological polar surface area (TPSA) is 110 Å². The molecule has 1 aromatic heterocycles. The normalized spacial score (nSPS) is 12.3. The van der Waals surface area contributed by atoms with Gasteiger partial charge in [0.25, 0.3) is 0 Å². The number of thioether (sulfide) groups is 1. The van der Waals surface area contributed by atoms with Gasteiger partial charge in [-0.1, -0.05) is 23.4 Å². The Bertz CT molecular complexity index is 1280. The van der Waals surface area contributed by atoms with Crippen LogP contribution in [-0.2, 0) is 10.0 Å². The van der Waals surface area contributed by atoms with Gasteiger partial charge in [-0.2, -0.15) is 4.31 Å². The van der Waals surface area contributed by atoms with E-state index in [0.717, 1.165) is 22.3 Å². The van der Waals surface area contributed by atoms with Crippen molar-refractivity contribution in [2.24, 2.45) is 10.7 Å². The van der Waals surface area contributed by atoms with E-state index in [2.05, 4.69) is 15.3 Å². The predicted molar refractivity (Wildman–Crippen MR) is 146 cm³/mol. The van der Waals surface area contributed by atoms with Crippen LogP contribution in [0.25, 0.3) is 10.9 Å². The maximum atomic E-state index is 13.4. The lowest BCUT2D eigenvalue weighted by Crippen LogP contribution is -2.36. The molecule has 0 aliphatic carbocycles. The van der Waals surface area contributed by atoms with Crippen molar-refractivity contribution < 1.29 is 13.2 Å². The first kappa shape index (κ1) is 27.1. The Morgan fingerprint density at radius 2 is 1.94 bits per heavy atom. The summed E-state index contributed by atoms with van der Waals surface area (Å²) >= 11 is 7.56. The molecule has 0 saturated heterocycles. The van der Waals surface area contributed by atoms with Crippen molar-refractivity contribution in [1.29, 1.82) is 0 Å². The number of rotatable bonds is 11. The molecule has 11 heteroatoms. The Labute approximate surface area is 216 Å². The number of methoxy groups -OCH3 is 1. The fourth-order valence-electron chi connectivity index (χ4n) is 3.54. The molecule has 0 atom stereocenters. The molecule has 3 N–H and O–H groups in total. The summed E-state index contributed by atoms with van der Waals surface area (Å²) in [5.74, 6) is 0.595. The third kappa shape index (κ3) is 7.23. The van der Waals surface area contributed by atoms with E-state index in [0.29, 0.717) is 42.0 Å². The van der Waals surface area contributed by atoms with Gasteiger partial charge in [-0.15, -0.1) is 0 Å². The van der Waals surface area contributed by atoms with E-state index < -0.39 is 10.0 Å². The number of hydrogen-bond donors (Lipinski definition) is 2. The van der Waals surface area contributed by atoms with Crippen molar-refractivity contribution in [2.45, 2.75) is 18.2 Å². The van der Waals surface area contributed by atoms with Crippen molar-refractivity contribution >= 4 is 55.1 Å². The molecular weight excluding hydrogens is 506 g/mol. The van der Waals surface area contributed by atoms with Crippen LogP contribution in [0.5, 0.6) is 5.75 Å². The smallest absolute Gasteiger partial charge is 0.243 e. The molecule has 0 unspecified atom stereocenters. The fourth-order valence-corrected chi connectivity index (χ4v) is 5.41. The number of sulfonamides is 1. The van der Waals surface area contributed by atoms with Gasteiger partial charge in [-0.05, 0) is 68.1 Å². The van der Waals surface area contributed by atoms with E-state index in [9.17, 15) is 8.42 Å². The molecule has 0 fully saturated rings. The highest BCUT2D eigenvalue weighted by atomic mass is 35.5. The van der Waals surface area contributed by atoms with Crippen LogP contribution >= 0.6 is 23.4 Å². The summed E-state index contributed by atoms with van der Waals surface area (Å²) in [5, 5.41) is 5.35. The monoisotopic (exact) mass is 535 g/mol. The number of aromatic nitrogens is 1. The molecule has 1 heterocycles. The summed E-state index contributed by atoms with van der Waals surface area (Å²) in [6.45, 7) is 3.33. The molecule has 0 radical (unpaired) electrons. The van der Waals surface area contributed by atoms with Crippen molar-refractivity contribution in [3.63, 3.8) is 0 Å². The van der Waals surface area contributed by atoms with E-state index in [4.69, 9.17) is 22.1 Å². The minimum Gasteiger partial charge on any atom is -0.497 e. The van der Waals surface area contributed by atoms with E-state index in [-0.39, 0.29) is 11.4 Å². The maximum Gasteiger partial charge on any atom is 0.243 e. The highest BCUT2D eigenvalue weighted by molar-refractivity contribution is 8.13. The average Bonchev–Trinajstić information content (AvgIpc) is 2.85. The Morgan fingerprint density at radius 1 is 1.20 bits per heavy atom. The molecule has 35 heavy (non-hydrogen) atoms. The first-order valence-electron chi connectivity index (χ1n) is 11.0. The van der Waals surface area contributed by atoms with Crippen LogP contribution in [0, 0.1) is 6.92 Å². The molecule has 0 aliphatic rings. The average molecular weight is 536 g/mol. The number of fused-ring (bicyclic) bond motifs is 1. The second-order valence-electron chi connectivity index (χ2n) is 7.76. The highest BCUT2D eigenvalue weighted by Crippen LogP contribution is 2.26. The van der Waals surface area contributed by atoms with Gasteiger partial charge in [0, 0.05) is 48.0 Å². The molecule has 0 aliphatic heterocycles. The number of nitrogens with two attached hydrogens (primary N) is 1. The van der Waals surface area contributed by atoms with Gasteiger partial charge >= 0.3 is 0 Å². The highest BCUT2D eigenvalue weighted by Gasteiger charge is 2.24. The minimum atomic E-state index is -3.72. The van der Waals surface area contributed by atoms with Crippen molar-refractivity contribution in [1.82, 2.24) is 9.29 Å². The largest absolute Gasteiger partial charge is 0.497 e. The van der Waals surface area contributed by atoms with Crippen LogP contribution in [0.15, 0.2) is 58.4 Å². The molecule has 3 aromatic rings. The number of pyridine rings is 1. The molecule has 0 spiro atoms. The molecule has 8 nitrogen and oxygen atoms in total. The summed E-state index contributed by atoms with van der Waals surface area (Å²) in [5.41, 5.74) is 8.29. The van der Waals surface area contributed by atoms with Crippen molar-refractivity contribution in [2.75, 3.05) is 44.9 Å².